The second-order valence-corrected chi connectivity index (χ2v) is 12.2. The molecule has 0 saturated heterocycles. The third-order valence-electron chi connectivity index (χ3n) is 9.83. The molecule has 6 aromatic carbocycles. The van der Waals surface area contributed by atoms with Crippen LogP contribution in [0.4, 0.5) is 0 Å². The lowest BCUT2D eigenvalue weighted by molar-refractivity contribution is 0.661. The number of benzene rings is 6. The summed E-state index contributed by atoms with van der Waals surface area (Å²) in [4.78, 5) is 0. The molecule has 10 rings (SSSR count). The summed E-state index contributed by atoms with van der Waals surface area (Å²) >= 11 is 0. The van der Waals surface area contributed by atoms with Crippen molar-refractivity contribution in [2.24, 2.45) is 0 Å². The van der Waals surface area contributed by atoms with Crippen LogP contribution in [0.5, 0.6) is 0 Å². The fraction of sp³-hybridized carbons (Fsp3) is 0.0769. The average Bonchev–Trinajstić information content (AvgIpc) is 3.70. The summed E-state index contributed by atoms with van der Waals surface area (Å²) in [5.41, 5.74) is 13.2. The third kappa shape index (κ3) is 2.46. The number of para-hydroxylation sites is 3. The van der Waals surface area contributed by atoms with Gasteiger partial charge in [0, 0.05) is 43.4 Å². The van der Waals surface area contributed by atoms with E-state index in [1.165, 1.54) is 87.8 Å². The Bertz CT molecular complexity index is 2540. The molecule has 0 fully saturated rings. The Balaban J connectivity index is 1.42. The average molecular weight is 523 g/mol. The van der Waals surface area contributed by atoms with Crippen LogP contribution in [0.25, 0.3) is 76.7 Å². The highest BCUT2D eigenvalue weighted by Crippen LogP contribution is 2.54. The molecule has 0 amide bonds. The van der Waals surface area contributed by atoms with Crippen LogP contribution in [-0.2, 0) is 5.41 Å². The largest absolute Gasteiger partial charge is 0.309 e. The Morgan fingerprint density at radius 3 is 2.12 bits per heavy atom. The van der Waals surface area contributed by atoms with E-state index in [0.29, 0.717) is 0 Å². The van der Waals surface area contributed by atoms with Crippen LogP contribution >= 0.6 is 0 Å². The molecule has 1 aliphatic rings. The van der Waals surface area contributed by atoms with Gasteiger partial charge >= 0.3 is 0 Å². The maximum Gasteiger partial charge on any atom is 0.0620 e. The van der Waals surface area contributed by atoms with Crippen LogP contribution in [0.3, 0.4) is 0 Å². The van der Waals surface area contributed by atoms with E-state index in [4.69, 9.17) is 0 Å². The molecular weight excluding hydrogens is 496 g/mol. The molecule has 0 saturated carbocycles. The van der Waals surface area contributed by atoms with Gasteiger partial charge in [-0.15, -0.1) is 0 Å². The van der Waals surface area contributed by atoms with E-state index in [9.17, 15) is 0 Å². The fourth-order valence-corrected chi connectivity index (χ4v) is 8.08. The highest BCUT2D eigenvalue weighted by Gasteiger charge is 2.37. The minimum atomic E-state index is -0.0169. The predicted molar refractivity (Wildman–Crippen MR) is 173 cm³/mol. The number of aromatic nitrogens is 2. The summed E-state index contributed by atoms with van der Waals surface area (Å²) in [5, 5.41) is 7.96. The molecular formula is C39H26N2. The maximum absolute atomic E-state index is 2.54. The van der Waals surface area contributed by atoms with E-state index < -0.39 is 0 Å². The molecule has 41 heavy (non-hydrogen) atoms. The van der Waals surface area contributed by atoms with E-state index in [1.54, 1.807) is 0 Å². The highest BCUT2D eigenvalue weighted by atomic mass is 15.0. The summed E-state index contributed by atoms with van der Waals surface area (Å²) in [6.07, 6.45) is 0. The SMILES string of the molecule is CC1(C)c2ccccc2-c2c1ccc1c2c2cccc3c4cc5c6ccccc6n(-c6ccccc6)c5cc4n1c32. The summed E-state index contributed by atoms with van der Waals surface area (Å²) in [7, 11) is 0. The minimum Gasteiger partial charge on any atom is -0.309 e. The summed E-state index contributed by atoms with van der Waals surface area (Å²) < 4.78 is 4.96. The molecule has 0 aliphatic heterocycles. The van der Waals surface area contributed by atoms with Gasteiger partial charge in [0.05, 0.1) is 27.6 Å². The molecule has 0 N–H and O–H groups in total. The molecule has 9 aromatic rings. The quantitative estimate of drug-likeness (QED) is 0.203. The van der Waals surface area contributed by atoms with Gasteiger partial charge in [0.15, 0.2) is 0 Å². The van der Waals surface area contributed by atoms with E-state index in [-0.39, 0.29) is 5.41 Å². The smallest absolute Gasteiger partial charge is 0.0620 e. The van der Waals surface area contributed by atoms with Gasteiger partial charge in [0.1, 0.15) is 0 Å². The number of rotatable bonds is 1. The first-order valence-corrected chi connectivity index (χ1v) is 14.5. The Labute approximate surface area is 237 Å². The van der Waals surface area contributed by atoms with Gasteiger partial charge in [-0.3, -0.25) is 0 Å². The molecule has 3 heterocycles. The lowest BCUT2D eigenvalue weighted by atomic mass is 9.82. The molecule has 0 spiro atoms. The van der Waals surface area contributed by atoms with Crippen molar-refractivity contribution in [3.63, 3.8) is 0 Å². The molecule has 3 aromatic heterocycles. The lowest BCUT2D eigenvalue weighted by Gasteiger charge is -2.21. The normalized spacial score (nSPS) is 14.3. The Hall–Kier alpha value is -5.08. The van der Waals surface area contributed by atoms with E-state index in [2.05, 4.69) is 144 Å². The van der Waals surface area contributed by atoms with Crippen molar-refractivity contribution >= 4 is 59.9 Å². The molecule has 0 bridgehead atoms. The molecule has 2 nitrogen and oxygen atoms in total. The van der Waals surface area contributed by atoms with Gasteiger partial charge in [-0.05, 0) is 58.7 Å². The van der Waals surface area contributed by atoms with Crippen molar-refractivity contribution in [3.8, 4) is 16.8 Å². The maximum atomic E-state index is 2.54. The van der Waals surface area contributed by atoms with Crippen molar-refractivity contribution in [1.82, 2.24) is 8.97 Å². The zero-order valence-electron chi connectivity index (χ0n) is 22.9. The van der Waals surface area contributed by atoms with E-state index >= 15 is 0 Å². The summed E-state index contributed by atoms with van der Waals surface area (Å²) in [6, 6.07) is 45.1. The zero-order chi connectivity index (χ0) is 27.0. The topological polar surface area (TPSA) is 9.34 Å². The summed E-state index contributed by atoms with van der Waals surface area (Å²) in [6.45, 7) is 4.74. The predicted octanol–water partition coefficient (Wildman–Crippen LogP) is 10.2. The molecule has 1 aliphatic carbocycles. The van der Waals surface area contributed by atoms with E-state index in [0.717, 1.165) is 0 Å². The second-order valence-electron chi connectivity index (χ2n) is 12.2. The minimum absolute atomic E-state index is 0.0169. The van der Waals surface area contributed by atoms with Gasteiger partial charge in [-0.2, -0.15) is 0 Å². The molecule has 0 atom stereocenters. The molecule has 0 unspecified atom stereocenters. The van der Waals surface area contributed by atoms with Crippen LogP contribution in [0, 0.1) is 0 Å². The standard InChI is InChI=1S/C39H26N2/c1-39(2)30-17-8-6-14-26(30)36-31(39)19-20-33-37(36)27-16-10-15-25-29-21-28-24-13-7-9-18-32(24)40(23-11-4-3-5-12-23)34(28)22-35(29)41(33)38(25)27/h3-22H,1-2H3. The number of nitrogens with zero attached hydrogens (tertiary/aromatic N) is 2. The van der Waals surface area contributed by atoms with Crippen molar-refractivity contribution in [2.75, 3.05) is 0 Å². The van der Waals surface area contributed by atoms with Gasteiger partial charge in [-0.1, -0.05) is 98.8 Å². The van der Waals surface area contributed by atoms with Crippen LogP contribution in [0.2, 0.25) is 0 Å². The Kier molecular flexibility index (Phi) is 3.79. The van der Waals surface area contributed by atoms with Gasteiger partial charge in [0.25, 0.3) is 0 Å². The second kappa shape index (κ2) is 7.16. The first-order chi connectivity index (χ1) is 20.1. The van der Waals surface area contributed by atoms with Crippen molar-refractivity contribution < 1.29 is 0 Å². The summed E-state index contributed by atoms with van der Waals surface area (Å²) in [5.74, 6) is 0. The van der Waals surface area contributed by atoms with Crippen molar-refractivity contribution in [2.45, 2.75) is 19.3 Å². The van der Waals surface area contributed by atoms with Crippen LogP contribution in [-0.4, -0.2) is 8.97 Å². The van der Waals surface area contributed by atoms with E-state index in [1.807, 2.05) is 0 Å². The number of hydrogen-bond donors (Lipinski definition) is 0. The first kappa shape index (κ1) is 21.7. The lowest BCUT2D eigenvalue weighted by Crippen LogP contribution is -2.14. The van der Waals surface area contributed by atoms with Gasteiger partial charge in [-0.25, -0.2) is 0 Å². The Morgan fingerprint density at radius 1 is 0.488 bits per heavy atom. The van der Waals surface area contributed by atoms with Crippen LogP contribution in [0.15, 0.2) is 121 Å². The molecule has 2 heteroatoms. The highest BCUT2D eigenvalue weighted by molar-refractivity contribution is 6.28. The fourth-order valence-electron chi connectivity index (χ4n) is 8.08. The van der Waals surface area contributed by atoms with Gasteiger partial charge < -0.3 is 8.97 Å². The Morgan fingerprint density at radius 2 is 1.22 bits per heavy atom. The molecule has 192 valence electrons. The van der Waals surface area contributed by atoms with Gasteiger partial charge in [0.2, 0.25) is 0 Å². The number of fused-ring (bicyclic) bond motifs is 13. The van der Waals surface area contributed by atoms with Crippen molar-refractivity contribution in [3.05, 3.63) is 132 Å². The first-order valence-electron chi connectivity index (χ1n) is 14.5. The van der Waals surface area contributed by atoms with Crippen LogP contribution < -0.4 is 0 Å². The zero-order valence-corrected chi connectivity index (χ0v) is 22.9. The third-order valence-corrected chi connectivity index (χ3v) is 9.83. The number of hydrogen-bond acceptors (Lipinski definition) is 0. The van der Waals surface area contributed by atoms with Crippen molar-refractivity contribution in [1.29, 1.82) is 0 Å². The van der Waals surface area contributed by atoms with Crippen LogP contribution in [0.1, 0.15) is 25.0 Å². The monoisotopic (exact) mass is 522 g/mol. The molecule has 0 radical (unpaired) electrons.